The van der Waals surface area contributed by atoms with Gasteiger partial charge in [0.05, 0.1) is 22.0 Å². The summed E-state index contributed by atoms with van der Waals surface area (Å²) in [5.74, 6) is 0.683. The van der Waals surface area contributed by atoms with Crippen molar-refractivity contribution in [2.45, 2.75) is 25.5 Å². The minimum absolute atomic E-state index is 0.159. The third-order valence-corrected chi connectivity index (χ3v) is 5.85. The van der Waals surface area contributed by atoms with Crippen molar-refractivity contribution in [2.24, 2.45) is 5.10 Å². The van der Waals surface area contributed by atoms with Crippen molar-refractivity contribution in [2.75, 3.05) is 5.75 Å². The standard InChI is InChI=1S/C20H19Cl2N5OS/c1-3-27-19(14-9-7-13(2)8-10-14)25-26-20(27)29-12-17(28)24-23-11-15-5-4-6-16(21)18(15)22/h4-11H,3,12H2,1-2H3,(H,24,28)/b23-11-. The van der Waals surface area contributed by atoms with Gasteiger partial charge in [0.25, 0.3) is 5.91 Å². The van der Waals surface area contributed by atoms with Crippen LogP contribution in [-0.2, 0) is 11.3 Å². The Morgan fingerprint density at radius 1 is 1.21 bits per heavy atom. The highest BCUT2D eigenvalue weighted by Crippen LogP contribution is 2.25. The van der Waals surface area contributed by atoms with Gasteiger partial charge in [-0.05, 0) is 19.9 Å². The first-order chi connectivity index (χ1) is 14.0. The van der Waals surface area contributed by atoms with Crippen LogP contribution in [0.4, 0.5) is 0 Å². The molecule has 1 amide bonds. The van der Waals surface area contributed by atoms with Crippen LogP contribution in [0.2, 0.25) is 10.0 Å². The Kier molecular flexibility index (Phi) is 7.30. The molecule has 3 rings (SSSR count). The zero-order chi connectivity index (χ0) is 20.8. The third kappa shape index (κ3) is 5.38. The highest BCUT2D eigenvalue weighted by atomic mass is 35.5. The lowest BCUT2D eigenvalue weighted by molar-refractivity contribution is -0.118. The van der Waals surface area contributed by atoms with Crippen molar-refractivity contribution in [1.29, 1.82) is 0 Å². The molecule has 1 heterocycles. The van der Waals surface area contributed by atoms with E-state index in [-0.39, 0.29) is 11.7 Å². The summed E-state index contributed by atoms with van der Waals surface area (Å²) in [6, 6.07) is 13.3. The summed E-state index contributed by atoms with van der Waals surface area (Å²) >= 11 is 13.3. The van der Waals surface area contributed by atoms with Gasteiger partial charge in [0.1, 0.15) is 0 Å². The normalized spacial score (nSPS) is 11.2. The fraction of sp³-hybridized carbons (Fsp3) is 0.200. The van der Waals surface area contributed by atoms with Crippen LogP contribution in [0.5, 0.6) is 0 Å². The number of amides is 1. The van der Waals surface area contributed by atoms with Crippen molar-refractivity contribution in [3.05, 3.63) is 63.6 Å². The van der Waals surface area contributed by atoms with Gasteiger partial charge in [-0.3, -0.25) is 4.79 Å². The number of aromatic nitrogens is 3. The van der Waals surface area contributed by atoms with Crippen LogP contribution >= 0.6 is 35.0 Å². The molecule has 0 fully saturated rings. The molecule has 0 bridgehead atoms. The van der Waals surface area contributed by atoms with E-state index in [1.807, 2.05) is 42.7 Å². The Hall–Kier alpha value is -2.35. The maximum absolute atomic E-state index is 12.1. The predicted octanol–water partition coefficient (Wildman–Crippen LogP) is 4.82. The molecule has 0 atom stereocenters. The number of hydrogen-bond donors (Lipinski definition) is 1. The first-order valence-corrected chi connectivity index (χ1v) is 10.6. The van der Waals surface area contributed by atoms with Gasteiger partial charge in [0.15, 0.2) is 11.0 Å². The van der Waals surface area contributed by atoms with E-state index >= 15 is 0 Å². The summed E-state index contributed by atoms with van der Waals surface area (Å²) in [4.78, 5) is 12.1. The molecule has 0 aliphatic carbocycles. The number of rotatable bonds is 7. The molecule has 0 spiro atoms. The van der Waals surface area contributed by atoms with Gasteiger partial charge >= 0.3 is 0 Å². The van der Waals surface area contributed by atoms with Crippen molar-refractivity contribution in [3.63, 3.8) is 0 Å². The number of nitrogens with zero attached hydrogens (tertiary/aromatic N) is 4. The van der Waals surface area contributed by atoms with Gasteiger partial charge in [-0.15, -0.1) is 10.2 Å². The SMILES string of the molecule is CCn1c(SCC(=O)N/N=C\c2cccc(Cl)c2Cl)nnc1-c1ccc(C)cc1. The van der Waals surface area contributed by atoms with Gasteiger partial charge in [-0.1, -0.05) is 76.9 Å². The average Bonchev–Trinajstić information content (AvgIpc) is 3.13. The number of carbonyl (C=O) groups excluding carboxylic acids is 1. The molecular formula is C20H19Cl2N5OS. The van der Waals surface area contributed by atoms with Crippen LogP contribution in [0.3, 0.4) is 0 Å². The number of aryl methyl sites for hydroxylation is 1. The van der Waals surface area contributed by atoms with Crippen molar-refractivity contribution in [1.82, 2.24) is 20.2 Å². The molecule has 0 saturated carbocycles. The number of halogens is 2. The van der Waals surface area contributed by atoms with E-state index in [9.17, 15) is 4.79 Å². The van der Waals surface area contributed by atoms with Crippen LogP contribution in [0.15, 0.2) is 52.7 Å². The number of benzene rings is 2. The lowest BCUT2D eigenvalue weighted by Crippen LogP contribution is -2.20. The molecule has 0 unspecified atom stereocenters. The Labute approximate surface area is 183 Å². The van der Waals surface area contributed by atoms with Gasteiger partial charge in [-0.2, -0.15) is 5.10 Å². The second kappa shape index (κ2) is 9.91. The summed E-state index contributed by atoms with van der Waals surface area (Å²) in [6.07, 6.45) is 1.46. The quantitative estimate of drug-likeness (QED) is 0.320. The van der Waals surface area contributed by atoms with Gasteiger partial charge in [-0.25, -0.2) is 5.43 Å². The van der Waals surface area contributed by atoms with Crippen molar-refractivity contribution in [3.8, 4) is 11.4 Å². The first-order valence-electron chi connectivity index (χ1n) is 8.88. The van der Waals surface area contributed by atoms with E-state index in [4.69, 9.17) is 23.2 Å². The molecule has 0 radical (unpaired) electrons. The number of hydrazone groups is 1. The summed E-state index contributed by atoms with van der Waals surface area (Å²) < 4.78 is 1.98. The second-order valence-corrected chi connectivity index (χ2v) is 7.87. The Morgan fingerprint density at radius 2 is 1.97 bits per heavy atom. The molecule has 1 N–H and O–H groups in total. The average molecular weight is 448 g/mol. The Morgan fingerprint density at radius 3 is 2.69 bits per heavy atom. The lowest BCUT2D eigenvalue weighted by Gasteiger charge is -2.07. The molecule has 29 heavy (non-hydrogen) atoms. The van der Waals surface area contributed by atoms with Gasteiger partial charge in [0, 0.05) is 17.7 Å². The summed E-state index contributed by atoms with van der Waals surface area (Å²) in [5, 5.41) is 14.0. The molecule has 0 aliphatic rings. The monoisotopic (exact) mass is 447 g/mol. The zero-order valence-electron chi connectivity index (χ0n) is 15.9. The van der Waals surface area contributed by atoms with Crippen molar-refractivity contribution >= 4 is 47.1 Å². The van der Waals surface area contributed by atoms with Crippen LogP contribution in [-0.4, -0.2) is 32.6 Å². The molecule has 0 saturated heterocycles. The number of thioether (sulfide) groups is 1. The van der Waals surface area contributed by atoms with E-state index < -0.39 is 0 Å². The Bertz CT molecular complexity index is 1030. The van der Waals surface area contributed by atoms with E-state index in [2.05, 4.69) is 20.7 Å². The number of carbonyl (C=O) groups is 1. The second-order valence-electron chi connectivity index (χ2n) is 6.14. The zero-order valence-corrected chi connectivity index (χ0v) is 18.2. The third-order valence-electron chi connectivity index (χ3n) is 4.05. The van der Waals surface area contributed by atoms with Crippen LogP contribution in [0.1, 0.15) is 18.1 Å². The summed E-state index contributed by atoms with van der Waals surface area (Å²) in [7, 11) is 0. The fourth-order valence-corrected chi connectivity index (χ4v) is 3.70. The molecule has 2 aromatic carbocycles. The van der Waals surface area contributed by atoms with Gasteiger partial charge in [0.2, 0.25) is 0 Å². The molecule has 9 heteroatoms. The van der Waals surface area contributed by atoms with Crippen molar-refractivity contribution < 1.29 is 4.79 Å². The molecule has 0 aliphatic heterocycles. The Balaban J connectivity index is 1.61. The molecule has 3 aromatic rings. The molecule has 6 nitrogen and oxygen atoms in total. The lowest BCUT2D eigenvalue weighted by atomic mass is 10.1. The minimum atomic E-state index is -0.257. The summed E-state index contributed by atoms with van der Waals surface area (Å²) in [6.45, 7) is 4.76. The van der Waals surface area contributed by atoms with Crippen LogP contribution < -0.4 is 5.43 Å². The van der Waals surface area contributed by atoms with Gasteiger partial charge < -0.3 is 4.57 Å². The fourth-order valence-electron chi connectivity index (χ4n) is 2.55. The van der Waals surface area contributed by atoms with Crippen LogP contribution in [0.25, 0.3) is 11.4 Å². The maximum Gasteiger partial charge on any atom is 0.250 e. The van der Waals surface area contributed by atoms with E-state index in [0.29, 0.717) is 27.3 Å². The summed E-state index contributed by atoms with van der Waals surface area (Å²) in [5.41, 5.74) is 5.28. The van der Waals surface area contributed by atoms with E-state index in [1.165, 1.54) is 23.5 Å². The molecule has 150 valence electrons. The van der Waals surface area contributed by atoms with Crippen LogP contribution in [0, 0.1) is 6.92 Å². The van der Waals surface area contributed by atoms with E-state index in [1.54, 1.807) is 18.2 Å². The topological polar surface area (TPSA) is 72.2 Å². The largest absolute Gasteiger partial charge is 0.302 e. The molecule has 1 aromatic heterocycles. The van der Waals surface area contributed by atoms with E-state index in [0.717, 1.165) is 11.4 Å². The molecular weight excluding hydrogens is 429 g/mol. The highest BCUT2D eigenvalue weighted by Gasteiger charge is 2.14. The predicted molar refractivity (Wildman–Crippen MR) is 119 cm³/mol. The minimum Gasteiger partial charge on any atom is -0.302 e. The smallest absolute Gasteiger partial charge is 0.250 e. The maximum atomic E-state index is 12.1. The number of hydrogen-bond acceptors (Lipinski definition) is 5. The highest BCUT2D eigenvalue weighted by molar-refractivity contribution is 7.99. The number of nitrogens with one attached hydrogen (secondary N) is 1. The first kappa shape index (κ1) is 21.4.